The van der Waals surface area contributed by atoms with Crippen molar-refractivity contribution in [3.05, 3.63) is 29.3 Å². The largest absolute Gasteiger partial charge is 0.396 e. The second kappa shape index (κ2) is 6.26. The second-order valence-electron chi connectivity index (χ2n) is 6.09. The van der Waals surface area contributed by atoms with Crippen molar-refractivity contribution in [2.24, 2.45) is 0 Å². The number of hydrogen-bond acceptors (Lipinski definition) is 3. The Hall–Kier alpha value is -1.88. The summed E-state index contributed by atoms with van der Waals surface area (Å²) < 4.78 is 0. The molecule has 3 N–H and O–H groups in total. The highest BCUT2D eigenvalue weighted by Gasteiger charge is 2.21. The first-order valence-electron chi connectivity index (χ1n) is 7.27. The van der Waals surface area contributed by atoms with E-state index in [1.54, 1.807) is 6.07 Å². The lowest BCUT2D eigenvalue weighted by atomic mass is 9.90. The molecule has 0 aliphatic heterocycles. The van der Waals surface area contributed by atoms with Crippen molar-refractivity contribution in [1.82, 2.24) is 5.32 Å². The molecule has 0 heterocycles. The Bertz CT molecular complexity index is 552. The second-order valence-corrected chi connectivity index (χ2v) is 6.09. The van der Waals surface area contributed by atoms with Gasteiger partial charge in [0.05, 0.1) is 0 Å². The number of nitrogens with one attached hydrogen (secondary N) is 2. The first-order valence-corrected chi connectivity index (χ1v) is 7.27. The van der Waals surface area contributed by atoms with E-state index in [0.29, 0.717) is 24.1 Å². The molecule has 5 nitrogen and oxygen atoms in total. The maximum atomic E-state index is 12.0. The third kappa shape index (κ3) is 4.04. The van der Waals surface area contributed by atoms with Gasteiger partial charge in [0, 0.05) is 29.8 Å². The zero-order valence-corrected chi connectivity index (χ0v) is 12.5. The van der Waals surface area contributed by atoms with Crippen LogP contribution in [0.1, 0.15) is 49.0 Å². The Labute approximate surface area is 124 Å². The molecule has 5 heteroatoms. The molecule has 0 atom stereocenters. The van der Waals surface area contributed by atoms with Crippen LogP contribution >= 0.6 is 0 Å². The summed E-state index contributed by atoms with van der Waals surface area (Å²) >= 11 is 0. The summed E-state index contributed by atoms with van der Waals surface area (Å²) in [6, 6.07) is 5.13. The Kier molecular flexibility index (Phi) is 4.63. The molecule has 21 heavy (non-hydrogen) atoms. The number of carbonyl (C=O) groups excluding carboxylic acids is 2. The SMILES string of the molecule is CC(C)(CCO)NC(=O)Nc1ccc2c(c1)C(=O)CCC2. The molecule has 0 bridgehead atoms. The van der Waals surface area contributed by atoms with E-state index < -0.39 is 5.54 Å². The maximum Gasteiger partial charge on any atom is 0.319 e. The van der Waals surface area contributed by atoms with Crippen LogP contribution in [-0.4, -0.2) is 29.1 Å². The number of Topliss-reactive ketones (excluding diaryl/α,β-unsaturated/α-hetero) is 1. The standard InChI is InChI=1S/C16H22N2O3/c1-16(2,8-9-19)18-15(21)17-12-7-6-11-4-3-5-14(20)13(11)10-12/h6-7,10,19H,3-5,8-9H2,1-2H3,(H2,17,18,21). The Balaban J connectivity index is 2.05. The minimum Gasteiger partial charge on any atom is -0.396 e. The zero-order chi connectivity index (χ0) is 15.5. The molecule has 1 aliphatic carbocycles. The lowest BCUT2D eigenvalue weighted by molar-refractivity contribution is 0.0972. The average Bonchev–Trinajstić information content (AvgIpc) is 2.38. The first-order chi connectivity index (χ1) is 9.91. The third-order valence-electron chi connectivity index (χ3n) is 3.71. The van der Waals surface area contributed by atoms with Gasteiger partial charge in [0.15, 0.2) is 5.78 Å². The first kappa shape index (κ1) is 15.5. The van der Waals surface area contributed by atoms with E-state index >= 15 is 0 Å². The Morgan fingerprint density at radius 1 is 1.33 bits per heavy atom. The Morgan fingerprint density at radius 2 is 2.10 bits per heavy atom. The highest BCUT2D eigenvalue weighted by atomic mass is 16.3. The molecule has 0 saturated carbocycles. The summed E-state index contributed by atoms with van der Waals surface area (Å²) in [6.07, 6.45) is 2.86. The molecular formula is C16H22N2O3. The van der Waals surface area contributed by atoms with E-state index in [9.17, 15) is 9.59 Å². The van der Waals surface area contributed by atoms with Gasteiger partial charge in [0.2, 0.25) is 0 Å². The van der Waals surface area contributed by atoms with Gasteiger partial charge in [0.1, 0.15) is 0 Å². The number of ketones is 1. The summed E-state index contributed by atoms with van der Waals surface area (Å²) in [7, 11) is 0. The van der Waals surface area contributed by atoms with Gasteiger partial charge in [-0.3, -0.25) is 4.79 Å². The van der Waals surface area contributed by atoms with Gasteiger partial charge >= 0.3 is 6.03 Å². The lowest BCUT2D eigenvalue weighted by Crippen LogP contribution is -2.46. The van der Waals surface area contributed by atoms with Crippen LogP contribution in [0.15, 0.2) is 18.2 Å². The van der Waals surface area contributed by atoms with E-state index in [2.05, 4.69) is 10.6 Å². The molecule has 0 aromatic heterocycles. The molecule has 0 fully saturated rings. The number of urea groups is 1. The van der Waals surface area contributed by atoms with Crippen LogP contribution in [-0.2, 0) is 6.42 Å². The minimum absolute atomic E-state index is 0.0145. The van der Waals surface area contributed by atoms with Crippen molar-refractivity contribution in [1.29, 1.82) is 0 Å². The number of fused-ring (bicyclic) bond motifs is 1. The van der Waals surface area contributed by atoms with Crippen LogP contribution in [0.4, 0.5) is 10.5 Å². The smallest absolute Gasteiger partial charge is 0.319 e. The van der Waals surface area contributed by atoms with E-state index in [4.69, 9.17) is 5.11 Å². The van der Waals surface area contributed by atoms with Crippen LogP contribution < -0.4 is 10.6 Å². The van der Waals surface area contributed by atoms with Crippen LogP contribution in [0, 0.1) is 0 Å². The molecule has 1 aliphatic rings. The van der Waals surface area contributed by atoms with Gasteiger partial charge in [-0.1, -0.05) is 6.07 Å². The summed E-state index contributed by atoms with van der Waals surface area (Å²) in [6.45, 7) is 3.71. The van der Waals surface area contributed by atoms with Gasteiger partial charge in [-0.15, -0.1) is 0 Å². The van der Waals surface area contributed by atoms with E-state index in [-0.39, 0.29) is 18.4 Å². The summed E-state index contributed by atoms with van der Waals surface area (Å²) in [4.78, 5) is 23.8. The lowest BCUT2D eigenvalue weighted by Gasteiger charge is -2.25. The average molecular weight is 290 g/mol. The Morgan fingerprint density at radius 3 is 2.81 bits per heavy atom. The molecule has 2 rings (SSSR count). The number of rotatable bonds is 4. The maximum absolute atomic E-state index is 12.0. The zero-order valence-electron chi connectivity index (χ0n) is 12.5. The van der Waals surface area contributed by atoms with E-state index in [1.165, 1.54) is 0 Å². The van der Waals surface area contributed by atoms with Crippen LogP contribution in [0.5, 0.6) is 0 Å². The van der Waals surface area contributed by atoms with Crippen molar-refractivity contribution in [2.75, 3.05) is 11.9 Å². The number of anilines is 1. The number of aliphatic hydroxyl groups excluding tert-OH is 1. The number of benzene rings is 1. The molecule has 0 saturated heterocycles. The van der Waals surface area contributed by atoms with Gasteiger partial charge in [-0.2, -0.15) is 0 Å². The summed E-state index contributed by atoms with van der Waals surface area (Å²) in [5.74, 6) is 0.140. The number of hydrogen-bond donors (Lipinski definition) is 3. The molecule has 114 valence electrons. The molecule has 0 spiro atoms. The van der Waals surface area contributed by atoms with Crippen LogP contribution in [0.2, 0.25) is 0 Å². The fourth-order valence-corrected chi connectivity index (χ4v) is 2.52. The minimum atomic E-state index is -0.483. The van der Waals surface area contributed by atoms with Gasteiger partial charge in [-0.05, 0) is 50.8 Å². The number of aryl methyl sites for hydroxylation is 1. The van der Waals surface area contributed by atoms with Crippen molar-refractivity contribution in [2.45, 2.75) is 45.1 Å². The van der Waals surface area contributed by atoms with Crippen molar-refractivity contribution in [3.8, 4) is 0 Å². The summed E-state index contributed by atoms with van der Waals surface area (Å²) in [5.41, 5.74) is 1.90. The predicted molar refractivity (Wildman–Crippen MR) is 81.6 cm³/mol. The molecule has 1 aromatic carbocycles. The van der Waals surface area contributed by atoms with E-state index in [0.717, 1.165) is 18.4 Å². The fourth-order valence-electron chi connectivity index (χ4n) is 2.52. The molecule has 1 aromatic rings. The summed E-state index contributed by atoms with van der Waals surface area (Å²) in [5, 5.41) is 14.5. The quantitative estimate of drug-likeness (QED) is 0.797. The normalized spacial score (nSPS) is 14.5. The van der Waals surface area contributed by atoms with Crippen molar-refractivity contribution < 1.29 is 14.7 Å². The number of amides is 2. The fraction of sp³-hybridized carbons (Fsp3) is 0.500. The molecule has 0 radical (unpaired) electrons. The van der Waals surface area contributed by atoms with Gasteiger partial charge < -0.3 is 15.7 Å². The molecular weight excluding hydrogens is 268 g/mol. The highest BCUT2D eigenvalue weighted by molar-refractivity contribution is 6.00. The van der Waals surface area contributed by atoms with Crippen LogP contribution in [0.3, 0.4) is 0 Å². The number of aliphatic hydroxyl groups is 1. The number of carbonyl (C=O) groups is 2. The monoisotopic (exact) mass is 290 g/mol. The van der Waals surface area contributed by atoms with E-state index in [1.807, 2.05) is 26.0 Å². The topological polar surface area (TPSA) is 78.4 Å². The van der Waals surface area contributed by atoms with Gasteiger partial charge in [-0.25, -0.2) is 4.79 Å². The van der Waals surface area contributed by atoms with Gasteiger partial charge in [0.25, 0.3) is 0 Å². The van der Waals surface area contributed by atoms with Crippen LogP contribution in [0.25, 0.3) is 0 Å². The molecule has 2 amide bonds. The highest BCUT2D eigenvalue weighted by Crippen LogP contribution is 2.24. The molecule has 0 unspecified atom stereocenters. The predicted octanol–water partition coefficient (Wildman–Crippen LogP) is 2.49. The van der Waals surface area contributed by atoms with Crippen molar-refractivity contribution >= 4 is 17.5 Å². The third-order valence-corrected chi connectivity index (χ3v) is 3.71. The van der Waals surface area contributed by atoms with Crippen molar-refractivity contribution in [3.63, 3.8) is 0 Å².